The quantitative estimate of drug-likeness (QED) is 0.590. The molecule has 0 fully saturated rings. The summed E-state index contributed by atoms with van der Waals surface area (Å²) in [6.07, 6.45) is -4.87. The Bertz CT molecular complexity index is 387. The van der Waals surface area contributed by atoms with Gasteiger partial charge in [-0.15, -0.1) is 0 Å². The summed E-state index contributed by atoms with van der Waals surface area (Å²) >= 11 is 0. The van der Waals surface area contributed by atoms with E-state index in [-0.39, 0.29) is 5.69 Å². The molecule has 1 aromatic carbocycles. The molecule has 1 aromatic rings. The third kappa shape index (κ3) is 2.39. The first kappa shape index (κ1) is 11.4. The topological polar surface area (TPSA) is 55.1 Å². The van der Waals surface area contributed by atoms with Crippen LogP contribution in [0.5, 0.6) is 0 Å². The lowest BCUT2D eigenvalue weighted by atomic mass is 10.1. The van der Waals surface area contributed by atoms with Crippen molar-refractivity contribution in [3.05, 3.63) is 23.8 Å². The standard InChI is InChI=1S/C9H9F3N2O/c1-14-7-3-2-5(4-6(7)13)8(15)9(10,11)12/h2-4,14H,13H2,1H3. The lowest BCUT2D eigenvalue weighted by Gasteiger charge is -2.08. The number of rotatable bonds is 2. The van der Waals surface area contributed by atoms with Crippen LogP contribution in [0.1, 0.15) is 10.4 Å². The van der Waals surface area contributed by atoms with E-state index in [4.69, 9.17) is 5.73 Å². The van der Waals surface area contributed by atoms with Crippen molar-refractivity contribution >= 4 is 17.2 Å². The van der Waals surface area contributed by atoms with Gasteiger partial charge >= 0.3 is 6.18 Å². The monoisotopic (exact) mass is 218 g/mol. The zero-order valence-corrected chi connectivity index (χ0v) is 7.85. The summed E-state index contributed by atoms with van der Waals surface area (Å²) in [6, 6.07) is 3.41. The van der Waals surface area contributed by atoms with Gasteiger partial charge in [-0.25, -0.2) is 0 Å². The number of carbonyl (C=O) groups is 1. The molecular weight excluding hydrogens is 209 g/mol. The van der Waals surface area contributed by atoms with Crippen LogP contribution in [0.15, 0.2) is 18.2 Å². The van der Waals surface area contributed by atoms with Crippen LogP contribution >= 0.6 is 0 Å². The number of hydrogen-bond acceptors (Lipinski definition) is 3. The lowest BCUT2D eigenvalue weighted by Crippen LogP contribution is -2.22. The number of nitrogen functional groups attached to an aromatic ring is 1. The molecule has 6 heteroatoms. The highest BCUT2D eigenvalue weighted by Gasteiger charge is 2.39. The first-order chi connectivity index (χ1) is 6.86. The highest BCUT2D eigenvalue weighted by molar-refractivity contribution is 6.01. The molecule has 0 saturated carbocycles. The van der Waals surface area contributed by atoms with Crippen LogP contribution in [0, 0.1) is 0 Å². The van der Waals surface area contributed by atoms with E-state index in [1.807, 2.05) is 0 Å². The van der Waals surface area contributed by atoms with E-state index in [2.05, 4.69) is 5.32 Å². The van der Waals surface area contributed by atoms with E-state index in [1.54, 1.807) is 7.05 Å². The molecule has 0 aromatic heterocycles. The number of nitrogens with two attached hydrogens (primary N) is 1. The number of Topliss-reactive ketones (excluding diaryl/α,β-unsaturated/α-hetero) is 1. The molecule has 0 bridgehead atoms. The Balaban J connectivity index is 3.08. The maximum Gasteiger partial charge on any atom is 0.454 e. The van der Waals surface area contributed by atoms with Crippen LogP contribution in [-0.2, 0) is 0 Å². The van der Waals surface area contributed by atoms with Crippen molar-refractivity contribution in [2.75, 3.05) is 18.1 Å². The lowest BCUT2D eigenvalue weighted by molar-refractivity contribution is -0.0885. The molecule has 0 amide bonds. The van der Waals surface area contributed by atoms with Crippen LogP contribution in [0.2, 0.25) is 0 Å². The first-order valence-electron chi connectivity index (χ1n) is 4.05. The molecule has 0 aliphatic carbocycles. The Labute approximate surface area is 84.1 Å². The van der Waals surface area contributed by atoms with Gasteiger partial charge in [0.25, 0.3) is 5.78 Å². The van der Waals surface area contributed by atoms with E-state index < -0.39 is 17.5 Å². The molecule has 3 nitrogen and oxygen atoms in total. The van der Waals surface area contributed by atoms with Crippen molar-refractivity contribution in [3.8, 4) is 0 Å². The summed E-state index contributed by atoms with van der Waals surface area (Å²) in [5.74, 6) is -1.89. The predicted molar refractivity (Wildman–Crippen MR) is 50.8 cm³/mol. The molecule has 1 rings (SSSR count). The fourth-order valence-corrected chi connectivity index (χ4v) is 1.10. The normalized spacial score (nSPS) is 11.2. The SMILES string of the molecule is CNc1ccc(C(=O)C(F)(F)F)cc1N. The van der Waals surface area contributed by atoms with Crippen molar-refractivity contribution in [2.24, 2.45) is 0 Å². The predicted octanol–water partition coefficient (Wildman–Crippen LogP) is 2.06. The summed E-state index contributed by atoms with van der Waals surface area (Å²) in [4.78, 5) is 10.8. The molecule has 0 unspecified atom stereocenters. The highest BCUT2D eigenvalue weighted by atomic mass is 19.4. The van der Waals surface area contributed by atoms with Crippen molar-refractivity contribution in [1.29, 1.82) is 0 Å². The summed E-state index contributed by atoms with van der Waals surface area (Å²) in [5.41, 5.74) is 5.56. The van der Waals surface area contributed by atoms with Gasteiger partial charge < -0.3 is 11.1 Å². The van der Waals surface area contributed by atoms with Crippen LogP contribution in [0.3, 0.4) is 0 Å². The van der Waals surface area contributed by atoms with Crippen molar-refractivity contribution < 1.29 is 18.0 Å². The Morgan fingerprint density at radius 1 is 1.40 bits per heavy atom. The number of nitrogens with one attached hydrogen (secondary N) is 1. The Hall–Kier alpha value is -1.72. The van der Waals surface area contributed by atoms with Gasteiger partial charge in [-0.2, -0.15) is 13.2 Å². The van der Waals surface area contributed by atoms with Gasteiger partial charge in [-0.05, 0) is 18.2 Å². The van der Waals surface area contributed by atoms with Gasteiger partial charge in [-0.3, -0.25) is 4.79 Å². The highest BCUT2D eigenvalue weighted by Crippen LogP contribution is 2.25. The Kier molecular flexibility index (Phi) is 2.88. The molecular formula is C9H9F3N2O. The third-order valence-corrected chi connectivity index (χ3v) is 1.84. The molecule has 0 heterocycles. The maximum absolute atomic E-state index is 12.0. The van der Waals surface area contributed by atoms with Crippen molar-refractivity contribution in [3.63, 3.8) is 0 Å². The van der Waals surface area contributed by atoms with Crippen LogP contribution in [0.25, 0.3) is 0 Å². The van der Waals surface area contributed by atoms with Gasteiger partial charge in [0.1, 0.15) is 0 Å². The van der Waals surface area contributed by atoms with Gasteiger partial charge in [0.05, 0.1) is 11.4 Å². The summed E-state index contributed by atoms with van der Waals surface area (Å²) in [7, 11) is 1.58. The van der Waals surface area contributed by atoms with E-state index in [0.717, 1.165) is 12.1 Å². The number of hydrogen-bond donors (Lipinski definition) is 2. The molecule has 15 heavy (non-hydrogen) atoms. The molecule has 82 valence electrons. The molecule has 0 aliphatic heterocycles. The molecule has 3 N–H and O–H groups in total. The second-order valence-electron chi connectivity index (χ2n) is 2.88. The number of halogens is 3. The van der Waals surface area contributed by atoms with E-state index in [9.17, 15) is 18.0 Å². The maximum atomic E-state index is 12.0. The number of carbonyl (C=O) groups excluding carboxylic acids is 1. The van der Waals surface area contributed by atoms with Crippen LogP contribution in [0.4, 0.5) is 24.5 Å². The van der Waals surface area contributed by atoms with E-state index in [0.29, 0.717) is 5.69 Å². The van der Waals surface area contributed by atoms with Gasteiger partial charge in [-0.1, -0.05) is 0 Å². The largest absolute Gasteiger partial charge is 0.454 e. The summed E-state index contributed by atoms with van der Waals surface area (Å²) < 4.78 is 36.1. The Morgan fingerprint density at radius 3 is 2.40 bits per heavy atom. The van der Waals surface area contributed by atoms with Gasteiger partial charge in [0.2, 0.25) is 0 Å². The smallest absolute Gasteiger partial charge is 0.397 e. The van der Waals surface area contributed by atoms with E-state index in [1.165, 1.54) is 6.07 Å². The minimum absolute atomic E-state index is 0.104. The number of alkyl halides is 3. The minimum Gasteiger partial charge on any atom is -0.397 e. The zero-order valence-electron chi connectivity index (χ0n) is 7.85. The Morgan fingerprint density at radius 2 is 2.00 bits per heavy atom. The first-order valence-corrected chi connectivity index (χ1v) is 4.05. The molecule has 0 atom stereocenters. The van der Waals surface area contributed by atoms with Crippen LogP contribution < -0.4 is 11.1 Å². The second kappa shape index (κ2) is 3.80. The molecule has 0 spiro atoms. The zero-order chi connectivity index (χ0) is 11.6. The van der Waals surface area contributed by atoms with E-state index >= 15 is 0 Å². The average molecular weight is 218 g/mol. The van der Waals surface area contributed by atoms with Crippen LogP contribution in [-0.4, -0.2) is 19.0 Å². The third-order valence-electron chi connectivity index (χ3n) is 1.84. The number of benzene rings is 1. The second-order valence-corrected chi connectivity index (χ2v) is 2.88. The van der Waals surface area contributed by atoms with Crippen molar-refractivity contribution in [1.82, 2.24) is 0 Å². The number of ketones is 1. The van der Waals surface area contributed by atoms with Crippen molar-refractivity contribution in [2.45, 2.75) is 6.18 Å². The molecule has 0 saturated heterocycles. The molecule has 0 aliphatic rings. The average Bonchev–Trinajstić information content (AvgIpc) is 2.15. The fourth-order valence-electron chi connectivity index (χ4n) is 1.10. The molecule has 0 radical (unpaired) electrons. The summed E-state index contributed by atoms with van der Waals surface area (Å²) in [6.45, 7) is 0. The summed E-state index contributed by atoms with van der Waals surface area (Å²) in [5, 5.41) is 2.68. The van der Waals surface area contributed by atoms with Gasteiger partial charge in [0, 0.05) is 12.6 Å². The van der Waals surface area contributed by atoms with Gasteiger partial charge in [0.15, 0.2) is 0 Å². The number of anilines is 2. The fraction of sp³-hybridized carbons (Fsp3) is 0.222. The minimum atomic E-state index is -4.87.